The second-order valence-electron chi connectivity index (χ2n) is 3.95. The Labute approximate surface area is 114 Å². The van der Waals surface area contributed by atoms with Crippen LogP contribution in [0.2, 0.25) is 0 Å². The second-order valence-corrected chi connectivity index (χ2v) is 4.87. The highest BCUT2D eigenvalue weighted by Gasteiger charge is 2.12. The quantitative estimate of drug-likeness (QED) is 0.821. The van der Waals surface area contributed by atoms with Crippen molar-refractivity contribution in [1.82, 2.24) is 0 Å². The standard InChI is InChI=1S/C13H15NO4S/c1-16-7-18-11-4-9-8(3-13(14)15)6-19-12(9)5-10(11)17-2/h4-6H,3,7H2,1-2H3,(H2,14,15). The van der Waals surface area contributed by atoms with Crippen LogP contribution < -0.4 is 15.2 Å². The van der Waals surface area contributed by atoms with Gasteiger partial charge in [0.1, 0.15) is 0 Å². The van der Waals surface area contributed by atoms with Crippen LogP contribution in [0.4, 0.5) is 0 Å². The third kappa shape index (κ3) is 2.97. The van der Waals surface area contributed by atoms with Crippen LogP contribution in [0, 0.1) is 0 Å². The Hall–Kier alpha value is -1.79. The molecule has 0 saturated heterocycles. The van der Waals surface area contributed by atoms with E-state index in [0.29, 0.717) is 11.5 Å². The van der Waals surface area contributed by atoms with Gasteiger partial charge in [-0.05, 0) is 17.0 Å². The van der Waals surface area contributed by atoms with E-state index in [0.717, 1.165) is 15.6 Å². The molecule has 5 nitrogen and oxygen atoms in total. The van der Waals surface area contributed by atoms with Crippen LogP contribution in [0.1, 0.15) is 5.56 Å². The van der Waals surface area contributed by atoms with E-state index in [1.807, 2.05) is 17.5 Å². The Morgan fingerprint density at radius 3 is 2.74 bits per heavy atom. The van der Waals surface area contributed by atoms with Gasteiger partial charge in [0.05, 0.1) is 13.5 Å². The van der Waals surface area contributed by atoms with Gasteiger partial charge >= 0.3 is 0 Å². The van der Waals surface area contributed by atoms with Crippen molar-refractivity contribution in [2.45, 2.75) is 6.42 Å². The first-order valence-electron chi connectivity index (χ1n) is 5.64. The highest BCUT2D eigenvalue weighted by molar-refractivity contribution is 7.17. The molecule has 0 unspecified atom stereocenters. The van der Waals surface area contributed by atoms with Crippen molar-refractivity contribution in [2.75, 3.05) is 21.0 Å². The number of primary amides is 1. The molecule has 0 aliphatic carbocycles. The van der Waals surface area contributed by atoms with Gasteiger partial charge in [0, 0.05) is 23.3 Å². The molecule has 1 aromatic carbocycles. The topological polar surface area (TPSA) is 70.8 Å². The molecule has 102 valence electrons. The number of nitrogens with two attached hydrogens (primary N) is 1. The first kappa shape index (κ1) is 13.6. The van der Waals surface area contributed by atoms with Crippen LogP contribution in [0.25, 0.3) is 10.1 Å². The highest BCUT2D eigenvalue weighted by Crippen LogP contribution is 2.37. The zero-order valence-corrected chi connectivity index (χ0v) is 11.6. The molecule has 2 rings (SSSR count). The summed E-state index contributed by atoms with van der Waals surface area (Å²) in [5.74, 6) is 0.868. The molecule has 0 bridgehead atoms. The van der Waals surface area contributed by atoms with Crippen LogP contribution >= 0.6 is 11.3 Å². The van der Waals surface area contributed by atoms with Gasteiger partial charge in [-0.25, -0.2) is 0 Å². The number of thiophene rings is 1. The zero-order valence-electron chi connectivity index (χ0n) is 10.8. The van der Waals surface area contributed by atoms with E-state index in [9.17, 15) is 4.79 Å². The summed E-state index contributed by atoms with van der Waals surface area (Å²) >= 11 is 1.54. The van der Waals surface area contributed by atoms with Gasteiger partial charge in [-0.3, -0.25) is 4.79 Å². The maximum atomic E-state index is 11.0. The molecule has 0 spiro atoms. The van der Waals surface area contributed by atoms with Crippen molar-refractivity contribution in [3.05, 3.63) is 23.1 Å². The van der Waals surface area contributed by atoms with E-state index in [-0.39, 0.29) is 19.1 Å². The summed E-state index contributed by atoms with van der Waals surface area (Å²) in [6, 6.07) is 3.73. The molecule has 0 atom stereocenters. The number of hydrogen-bond acceptors (Lipinski definition) is 5. The number of ether oxygens (including phenoxy) is 3. The van der Waals surface area contributed by atoms with Crippen LogP contribution in [0.5, 0.6) is 11.5 Å². The minimum Gasteiger partial charge on any atom is -0.493 e. The highest BCUT2D eigenvalue weighted by atomic mass is 32.1. The average molecular weight is 281 g/mol. The van der Waals surface area contributed by atoms with Crippen LogP contribution in [0.15, 0.2) is 17.5 Å². The number of amides is 1. The Morgan fingerprint density at radius 1 is 1.32 bits per heavy atom. The van der Waals surface area contributed by atoms with Gasteiger partial charge in [0.25, 0.3) is 0 Å². The first-order valence-corrected chi connectivity index (χ1v) is 6.51. The van der Waals surface area contributed by atoms with E-state index in [2.05, 4.69) is 0 Å². The summed E-state index contributed by atoms with van der Waals surface area (Å²) in [4.78, 5) is 11.0. The molecule has 0 aliphatic heterocycles. The smallest absolute Gasteiger partial charge is 0.221 e. The molecule has 0 radical (unpaired) electrons. The van der Waals surface area contributed by atoms with Crippen molar-refractivity contribution in [1.29, 1.82) is 0 Å². The predicted octanol–water partition coefficient (Wildman–Crippen LogP) is 1.92. The van der Waals surface area contributed by atoms with Gasteiger partial charge in [-0.2, -0.15) is 0 Å². The lowest BCUT2D eigenvalue weighted by atomic mass is 10.1. The third-order valence-electron chi connectivity index (χ3n) is 2.64. The molecule has 0 fully saturated rings. The van der Waals surface area contributed by atoms with E-state index in [4.69, 9.17) is 19.9 Å². The summed E-state index contributed by atoms with van der Waals surface area (Å²) in [5.41, 5.74) is 6.14. The Bertz CT molecular complexity index is 594. The number of hydrogen-bond donors (Lipinski definition) is 1. The van der Waals surface area contributed by atoms with E-state index in [1.165, 1.54) is 0 Å². The van der Waals surface area contributed by atoms with Crippen LogP contribution in [-0.4, -0.2) is 26.9 Å². The second kappa shape index (κ2) is 5.90. The van der Waals surface area contributed by atoms with Crippen molar-refractivity contribution in [3.8, 4) is 11.5 Å². The number of rotatable bonds is 6. The normalized spacial score (nSPS) is 10.6. The Morgan fingerprint density at radius 2 is 2.11 bits per heavy atom. The lowest BCUT2D eigenvalue weighted by Gasteiger charge is -2.10. The fourth-order valence-electron chi connectivity index (χ4n) is 1.81. The average Bonchev–Trinajstić information content (AvgIpc) is 2.76. The summed E-state index contributed by atoms with van der Waals surface area (Å²) in [6.07, 6.45) is 0.218. The van der Waals surface area contributed by atoms with Gasteiger partial charge in [-0.1, -0.05) is 0 Å². The fraction of sp³-hybridized carbons (Fsp3) is 0.308. The van der Waals surface area contributed by atoms with Crippen molar-refractivity contribution in [2.24, 2.45) is 5.73 Å². The molecule has 2 aromatic rings. The van der Waals surface area contributed by atoms with E-state index >= 15 is 0 Å². The summed E-state index contributed by atoms with van der Waals surface area (Å²) in [6.45, 7) is 0.136. The minimum atomic E-state index is -0.352. The molecule has 1 aromatic heterocycles. The number of benzene rings is 1. The third-order valence-corrected chi connectivity index (χ3v) is 3.63. The van der Waals surface area contributed by atoms with Crippen molar-refractivity contribution in [3.63, 3.8) is 0 Å². The van der Waals surface area contributed by atoms with E-state index in [1.54, 1.807) is 25.6 Å². The zero-order chi connectivity index (χ0) is 13.8. The fourth-order valence-corrected chi connectivity index (χ4v) is 2.78. The molecule has 0 saturated carbocycles. The predicted molar refractivity (Wildman–Crippen MR) is 73.8 cm³/mol. The van der Waals surface area contributed by atoms with Crippen LogP contribution in [-0.2, 0) is 16.0 Å². The molecule has 1 amide bonds. The molecule has 0 aliphatic rings. The molecule has 19 heavy (non-hydrogen) atoms. The van der Waals surface area contributed by atoms with Gasteiger partial charge in [0.15, 0.2) is 18.3 Å². The van der Waals surface area contributed by atoms with Gasteiger partial charge < -0.3 is 19.9 Å². The summed E-state index contributed by atoms with van der Waals surface area (Å²) < 4.78 is 16.6. The molecular formula is C13H15NO4S. The van der Waals surface area contributed by atoms with E-state index < -0.39 is 0 Å². The molecule has 6 heteroatoms. The van der Waals surface area contributed by atoms with Gasteiger partial charge in [0.2, 0.25) is 5.91 Å². The number of methoxy groups -OCH3 is 2. The maximum Gasteiger partial charge on any atom is 0.221 e. The molecule has 2 N–H and O–H groups in total. The lowest BCUT2D eigenvalue weighted by molar-refractivity contribution is -0.117. The van der Waals surface area contributed by atoms with Crippen molar-refractivity contribution >= 4 is 27.3 Å². The minimum absolute atomic E-state index is 0.136. The number of fused-ring (bicyclic) bond motifs is 1. The molecule has 1 heterocycles. The molecular weight excluding hydrogens is 266 g/mol. The number of carbonyl (C=O) groups excluding carboxylic acids is 1. The Balaban J connectivity index is 2.45. The van der Waals surface area contributed by atoms with Crippen LogP contribution in [0.3, 0.4) is 0 Å². The first-order chi connectivity index (χ1) is 9.15. The van der Waals surface area contributed by atoms with Gasteiger partial charge in [-0.15, -0.1) is 11.3 Å². The maximum absolute atomic E-state index is 11.0. The lowest BCUT2D eigenvalue weighted by Crippen LogP contribution is -2.13. The monoisotopic (exact) mass is 281 g/mol. The summed E-state index contributed by atoms with van der Waals surface area (Å²) in [5, 5.41) is 2.88. The van der Waals surface area contributed by atoms with Crippen molar-refractivity contribution < 1.29 is 19.0 Å². The Kier molecular flexibility index (Phi) is 4.24. The largest absolute Gasteiger partial charge is 0.493 e. The summed E-state index contributed by atoms with van der Waals surface area (Å²) in [7, 11) is 3.13. The SMILES string of the molecule is COCOc1cc2c(CC(N)=O)csc2cc1OC. The number of carbonyl (C=O) groups is 1.